The fourth-order valence-corrected chi connectivity index (χ4v) is 3.49. The summed E-state index contributed by atoms with van der Waals surface area (Å²) in [6, 6.07) is 14.1. The van der Waals surface area contributed by atoms with Gasteiger partial charge in [-0.3, -0.25) is 9.69 Å². The minimum absolute atomic E-state index is 0.137. The Balaban J connectivity index is 1.34. The van der Waals surface area contributed by atoms with Crippen LogP contribution < -0.4 is 5.32 Å². The topological polar surface area (TPSA) is 45.5 Å². The second kappa shape index (κ2) is 8.49. The van der Waals surface area contributed by atoms with Gasteiger partial charge in [-0.1, -0.05) is 30.3 Å². The van der Waals surface area contributed by atoms with E-state index in [9.17, 15) is 4.79 Å². The lowest BCUT2D eigenvalue weighted by atomic mass is 9.93. The molecule has 0 saturated carbocycles. The molecule has 128 valence electrons. The van der Waals surface area contributed by atoms with Crippen molar-refractivity contribution in [1.29, 1.82) is 0 Å². The van der Waals surface area contributed by atoms with Gasteiger partial charge in [-0.25, -0.2) is 0 Å². The Labute approximate surface area is 151 Å². The number of carbonyl (C=O) groups is 1. The summed E-state index contributed by atoms with van der Waals surface area (Å²) >= 11 is 3.21. The molecule has 1 aromatic carbocycles. The highest BCUT2D eigenvalue weighted by Gasteiger charge is 2.19. The van der Waals surface area contributed by atoms with Crippen molar-refractivity contribution in [3.05, 3.63) is 58.5 Å². The molecule has 0 aliphatic carbocycles. The van der Waals surface area contributed by atoms with Gasteiger partial charge in [0.15, 0.2) is 10.4 Å². The number of hydrogen-bond acceptors (Lipinski definition) is 3. The van der Waals surface area contributed by atoms with Crippen molar-refractivity contribution in [1.82, 2.24) is 10.2 Å². The quantitative estimate of drug-likeness (QED) is 0.808. The molecule has 0 unspecified atom stereocenters. The average molecular weight is 391 g/mol. The number of amides is 1. The third-order valence-electron chi connectivity index (χ3n) is 4.59. The number of halogens is 1. The minimum Gasteiger partial charge on any atom is -0.444 e. The van der Waals surface area contributed by atoms with Crippen molar-refractivity contribution >= 4 is 21.8 Å². The Morgan fingerprint density at radius 1 is 1.17 bits per heavy atom. The number of carbonyl (C=O) groups excluding carboxylic acids is 1. The molecular formula is C19H23BrN2O2. The van der Waals surface area contributed by atoms with Crippen LogP contribution in [0, 0.1) is 5.92 Å². The lowest BCUT2D eigenvalue weighted by Crippen LogP contribution is -2.34. The van der Waals surface area contributed by atoms with E-state index >= 15 is 0 Å². The Kier molecular flexibility index (Phi) is 6.10. The number of likely N-dealkylation sites (tertiary alicyclic amines) is 1. The SMILES string of the molecule is O=C(NCCC1CCN(Cc2ccccc2)CC1)c1ccc(Br)o1. The number of hydrogen-bond donors (Lipinski definition) is 1. The van der Waals surface area contributed by atoms with E-state index in [0.717, 1.165) is 26.1 Å². The molecule has 1 aliphatic heterocycles. The monoisotopic (exact) mass is 390 g/mol. The average Bonchev–Trinajstić information content (AvgIpc) is 3.04. The standard InChI is InChI=1S/C19H23BrN2O2/c20-18-7-6-17(24-18)19(23)21-11-8-15-9-12-22(13-10-15)14-16-4-2-1-3-5-16/h1-7,15H,8-14H2,(H,21,23). The fraction of sp³-hybridized carbons (Fsp3) is 0.421. The van der Waals surface area contributed by atoms with Gasteiger partial charge in [0.05, 0.1) is 0 Å². The van der Waals surface area contributed by atoms with E-state index in [1.165, 1.54) is 18.4 Å². The van der Waals surface area contributed by atoms with Crippen molar-refractivity contribution in [2.75, 3.05) is 19.6 Å². The molecule has 1 aromatic heterocycles. The van der Waals surface area contributed by atoms with Gasteiger partial charge in [0.1, 0.15) is 0 Å². The number of rotatable bonds is 6. The summed E-state index contributed by atoms with van der Waals surface area (Å²) in [7, 11) is 0. The molecular weight excluding hydrogens is 368 g/mol. The summed E-state index contributed by atoms with van der Waals surface area (Å²) in [5.74, 6) is 0.919. The van der Waals surface area contributed by atoms with Crippen molar-refractivity contribution < 1.29 is 9.21 Å². The fourth-order valence-electron chi connectivity index (χ4n) is 3.19. The summed E-state index contributed by atoms with van der Waals surface area (Å²) in [6.45, 7) is 4.02. The van der Waals surface area contributed by atoms with Crippen molar-refractivity contribution in [2.24, 2.45) is 5.92 Å². The molecule has 0 spiro atoms. The van der Waals surface area contributed by atoms with E-state index in [-0.39, 0.29) is 5.91 Å². The molecule has 5 heteroatoms. The molecule has 2 heterocycles. The molecule has 1 aliphatic rings. The lowest BCUT2D eigenvalue weighted by molar-refractivity contribution is 0.0919. The maximum Gasteiger partial charge on any atom is 0.287 e. The van der Waals surface area contributed by atoms with E-state index in [4.69, 9.17) is 4.42 Å². The molecule has 1 fully saturated rings. The number of nitrogens with one attached hydrogen (secondary N) is 1. The first-order valence-electron chi connectivity index (χ1n) is 8.50. The first kappa shape index (κ1) is 17.2. The number of furan rings is 1. The van der Waals surface area contributed by atoms with E-state index in [2.05, 4.69) is 56.5 Å². The van der Waals surface area contributed by atoms with Gasteiger partial charge in [-0.15, -0.1) is 0 Å². The molecule has 2 aromatic rings. The summed E-state index contributed by atoms with van der Waals surface area (Å²) < 4.78 is 5.84. The van der Waals surface area contributed by atoms with Crippen LogP contribution in [0.3, 0.4) is 0 Å². The van der Waals surface area contributed by atoms with Gasteiger partial charge in [-0.2, -0.15) is 0 Å². The molecule has 0 bridgehead atoms. The van der Waals surface area contributed by atoms with Crippen molar-refractivity contribution in [3.63, 3.8) is 0 Å². The zero-order valence-corrected chi connectivity index (χ0v) is 15.3. The Bertz CT molecular complexity index is 648. The first-order chi connectivity index (χ1) is 11.7. The summed E-state index contributed by atoms with van der Waals surface area (Å²) in [5, 5.41) is 2.94. The molecule has 0 radical (unpaired) electrons. The highest BCUT2D eigenvalue weighted by atomic mass is 79.9. The Hall–Kier alpha value is -1.59. The Morgan fingerprint density at radius 2 is 1.92 bits per heavy atom. The zero-order chi connectivity index (χ0) is 16.8. The predicted octanol–water partition coefficient (Wildman–Crippen LogP) is 4.07. The van der Waals surface area contributed by atoms with Crippen LogP contribution in [-0.2, 0) is 6.54 Å². The van der Waals surface area contributed by atoms with E-state index in [1.54, 1.807) is 12.1 Å². The van der Waals surface area contributed by atoms with Crippen LogP contribution in [0.15, 0.2) is 51.6 Å². The second-order valence-electron chi connectivity index (χ2n) is 6.35. The van der Waals surface area contributed by atoms with Crippen LogP contribution in [0.25, 0.3) is 0 Å². The lowest BCUT2D eigenvalue weighted by Gasteiger charge is -2.32. The molecule has 4 nitrogen and oxygen atoms in total. The molecule has 1 amide bonds. The minimum atomic E-state index is -0.137. The highest BCUT2D eigenvalue weighted by molar-refractivity contribution is 9.10. The summed E-state index contributed by atoms with van der Waals surface area (Å²) in [5.41, 5.74) is 1.38. The Morgan fingerprint density at radius 3 is 2.58 bits per heavy atom. The third-order valence-corrected chi connectivity index (χ3v) is 5.02. The molecule has 3 rings (SSSR count). The molecule has 1 saturated heterocycles. The molecule has 1 N–H and O–H groups in total. The zero-order valence-electron chi connectivity index (χ0n) is 13.7. The van der Waals surface area contributed by atoms with Gasteiger partial charge < -0.3 is 9.73 Å². The number of benzene rings is 1. The van der Waals surface area contributed by atoms with E-state index in [1.807, 2.05) is 0 Å². The van der Waals surface area contributed by atoms with Crippen LogP contribution in [0.1, 0.15) is 35.4 Å². The van der Waals surface area contributed by atoms with Gasteiger partial charge in [0.2, 0.25) is 0 Å². The summed E-state index contributed by atoms with van der Waals surface area (Å²) in [6.07, 6.45) is 3.44. The van der Waals surface area contributed by atoms with Crippen LogP contribution in [0.2, 0.25) is 0 Å². The van der Waals surface area contributed by atoms with E-state index in [0.29, 0.717) is 22.9 Å². The highest BCUT2D eigenvalue weighted by Crippen LogP contribution is 2.21. The smallest absolute Gasteiger partial charge is 0.287 e. The van der Waals surface area contributed by atoms with E-state index < -0.39 is 0 Å². The van der Waals surface area contributed by atoms with Crippen molar-refractivity contribution in [3.8, 4) is 0 Å². The number of nitrogens with zero attached hydrogens (tertiary/aromatic N) is 1. The first-order valence-corrected chi connectivity index (χ1v) is 9.30. The van der Waals surface area contributed by atoms with Crippen LogP contribution >= 0.6 is 15.9 Å². The van der Waals surface area contributed by atoms with Gasteiger partial charge in [0, 0.05) is 13.1 Å². The predicted molar refractivity (Wildman–Crippen MR) is 97.8 cm³/mol. The molecule has 24 heavy (non-hydrogen) atoms. The van der Waals surface area contributed by atoms with Gasteiger partial charge >= 0.3 is 0 Å². The third kappa shape index (κ3) is 4.95. The van der Waals surface area contributed by atoms with Crippen molar-refractivity contribution in [2.45, 2.75) is 25.8 Å². The maximum atomic E-state index is 11.9. The summed E-state index contributed by atoms with van der Waals surface area (Å²) in [4.78, 5) is 14.4. The molecule has 0 atom stereocenters. The van der Waals surface area contributed by atoms with Crippen LogP contribution in [0.4, 0.5) is 0 Å². The van der Waals surface area contributed by atoms with Gasteiger partial charge in [-0.05, 0) is 71.9 Å². The van der Waals surface area contributed by atoms with Crippen LogP contribution in [-0.4, -0.2) is 30.4 Å². The van der Waals surface area contributed by atoms with Crippen LogP contribution in [0.5, 0.6) is 0 Å². The maximum absolute atomic E-state index is 11.9. The second-order valence-corrected chi connectivity index (χ2v) is 7.14. The largest absolute Gasteiger partial charge is 0.444 e. The number of piperidine rings is 1. The van der Waals surface area contributed by atoms with Gasteiger partial charge in [0.25, 0.3) is 5.91 Å². The normalized spacial score (nSPS) is 16.2.